The highest BCUT2D eigenvalue weighted by molar-refractivity contribution is 9.10. The average molecular weight is 339 g/mol. The van der Waals surface area contributed by atoms with Gasteiger partial charge in [0.25, 0.3) is 0 Å². The summed E-state index contributed by atoms with van der Waals surface area (Å²) < 4.78 is 6.64. The van der Waals surface area contributed by atoms with Crippen LogP contribution in [0.4, 0.5) is 5.88 Å². The van der Waals surface area contributed by atoms with Gasteiger partial charge in [0.15, 0.2) is 0 Å². The minimum absolute atomic E-state index is 0.147. The predicted molar refractivity (Wildman–Crippen MR) is 86.4 cm³/mol. The average Bonchev–Trinajstić information content (AvgIpc) is 2.85. The number of nitrogen functional groups attached to an aromatic ring is 1. The van der Waals surface area contributed by atoms with E-state index in [1.165, 1.54) is 0 Å². The van der Waals surface area contributed by atoms with Crippen LogP contribution in [-0.2, 0) is 0 Å². The molecule has 0 unspecified atom stereocenters. The lowest BCUT2D eigenvalue weighted by molar-refractivity contribution is 0.603. The van der Waals surface area contributed by atoms with Crippen molar-refractivity contribution in [3.8, 4) is 28.5 Å². The lowest BCUT2D eigenvalue weighted by Crippen LogP contribution is -1.86. The Kier molecular flexibility index (Phi) is 3.51. The highest BCUT2D eigenvalue weighted by Gasteiger charge is 2.21. The second kappa shape index (κ2) is 5.47. The summed E-state index contributed by atoms with van der Waals surface area (Å²) in [7, 11) is 0. The van der Waals surface area contributed by atoms with E-state index in [0.29, 0.717) is 11.3 Å². The van der Waals surface area contributed by atoms with Gasteiger partial charge in [0, 0.05) is 15.6 Å². The smallest absolute Gasteiger partial charge is 0.209 e. The van der Waals surface area contributed by atoms with Crippen LogP contribution in [0, 0.1) is 11.3 Å². The summed E-state index contributed by atoms with van der Waals surface area (Å²) in [6.07, 6.45) is 0. The fourth-order valence-corrected chi connectivity index (χ4v) is 2.51. The third-order valence-electron chi connectivity index (χ3n) is 3.22. The summed E-state index contributed by atoms with van der Waals surface area (Å²) in [5.74, 6) is 0.761. The number of halogens is 1. The second-order valence-corrected chi connectivity index (χ2v) is 5.45. The molecule has 3 nitrogen and oxygen atoms in total. The molecule has 102 valence electrons. The van der Waals surface area contributed by atoms with Gasteiger partial charge in [-0.1, -0.05) is 58.4 Å². The van der Waals surface area contributed by atoms with Crippen molar-refractivity contribution in [2.75, 3.05) is 5.73 Å². The van der Waals surface area contributed by atoms with E-state index in [1.54, 1.807) is 0 Å². The molecule has 0 bridgehead atoms. The van der Waals surface area contributed by atoms with Crippen LogP contribution in [0.1, 0.15) is 5.56 Å². The van der Waals surface area contributed by atoms with Crippen LogP contribution < -0.4 is 5.73 Å². The van der Waals surface area contributed by atoms with Crippen molar-refractivity contribution in [1.82, 2.24) is 0 Å². The number of nitrogens with two attached hydrogens (primary N) is 1. The van der Waals surface area contributed by atoms with Crippen LogP contribution in [0.3, 0.4) is 0 Å². The van der Waals surface area contributed by atoms with E-state index < -0.39 is 0 Å². The van der Waals surface area contributed by atoms with Crippen molar-refractivity contribution in [1.29, 1.82) is 5.26 Å². The first-order valence-corrected chi connectivity index (χ1v) is 7.13. The molecule has 0 aliphatic rings. The summed E-state index contributed by atoms with van der Waals surface area (Å²) in [5, 5.41) is 9.37. The van der Waals surface area contributed by atoms with E-state index in [0.717, 1.165) is 21.2 Å². The minimum Gasteiger partial charge on any atom is -0.439 e. The lowest BCUT2D eigenvalue weighted by atomic mass is 9.98. The first-order chi connectivity index (χ1) is 10.2. The Morgan fingerprint density at radius 1 is 0.952 bits per heavy atom. The van der Waals surface area contributed by atoms with Crippen molar-refractivity contribution >= 4 is 21.8 Å². The van der Waals surface area contributed by atoms with E-state index in [2.05, 4.69) is 22.0 Å². The zero-order valence-corrected chi connectivity index (χ0v) is 12.6. The van der Waals surface area contributed by atoms with Gasteiger partial charge in [0.1, 0.15) is 17.4 Å². The number of rotatable bonds is 2. The molecule has 0 spiro atoms. The van der Waals surface area contributed by atoms with Crippen LogP contribution in [0.15, 0.2) is 63.5 Å². The maximum absolute atomic E-state index is 9.37. The van der Waals surface area contributed by atoms with Crippen LogP contribution in [0.25, 0.3) is 22.5 Å². The first kappa shape index (κ1) is 13.5. The topological polar surface area (TPSA) is 63.0 Å². The molecule has 21 heavy (non-hydrogen) atoms. The standard InChI is InChI=1S/C17H11BrN2O/c18-13-8-6-12(7-9-13)16-15(11-4-2-1-3-5-11)14(10-19)17(20)21-16/h1-9H,20H2. The molecular formula is C17H11BrN2O. The number of nitriles is 1. The van der Waals surface area contributed by atoms with E-state index in [4.69, 9.17) is 10.2 Å². The fraction of sp³-hybridized carbons (Fsp3) is 0. The zero-order valence-electron chi connectivity index (χ0n) is 11.0. The number of hydrogen-bond acceptors (Lipinski definition) is 3. The molecule has 0 fully saturated rings. The molecule has 1 heterocycles. The number of nitrogens with zero attached hydrogens (tertiary/aromatic N) is 1. The van der Waals surface area contributed by atoms with Crippen LogP contribution in [-0.4, -0.2) is 0 Å². The Labute approximate surface area is 130 Å². The molecule has 1 aromatic heterocycles. The summed E-state index contributed by atoms with van der Waals surface area (Å²) in [6, 6.07) is 19.5. The van der Waals surface area contributed by atoms with Gasteiger partial charge >= 0.3 is 0 Å². The Morgan fingerprint density at radius 2 is 1.62 bits per heavy atom. The maximum Gasteiger partial charge on any atom is 0.209 e. The molecule has 2 aromatic carbocycles. The molecule has 0 amide bonds. The SMILES string of the molecule is N#Cc1c(N)oc(-c2ccc(Br)cc2)c1-c1ccccc1. The summed E-state index contributed by atoms with van der Waals surface area (Å²) in [5.41, 5.74) is 8.76. The fourth-order valence-electron chi connectivity index (χ4n) is 2.24. The summed E-state index contributed by atoms with van der Waals surface area (Å²) in [6.45, 7) is 0. The van der Waals surface area contributed by atoms with Crippen molar-refractivity contribution in [3.63, 3.8) is 0 Å². The van der Waals surface area contributed by atoms with E-state index in [9.17, 15) is 5.26 Å². The molecule has 0 atom stereocenters. The van der Waals surface area contributed by atoms with Crippen LogP contribution in [0.5, 0.6) is 0 Å². The molecule has 0 saturated heterocycles. The largest absolute Gasteiger partial charge is 0.439 e. The van der Waals surface area contributed by atoms with E-state index in [-0.39, 0.29) is 5.88 Å². The Hall–Kier alpha value is -2.51. The summed E-state index contributed by atoms with van der Waals surface area (Å²) >= 11 is 3.41. The van der Waals surface area contributed by atoms with Gasteiger partial charge in [-0.25, -0.2) is 0 Å². The molecule has 0 aliphatic heterocycles. The third kappa shape index (κ3) is 2.44. The van der Waals surface area contributed by atoms with Gasteiger partial charge in [-0.05, 0) is 17.7 Å². The van der Waals surface area contributed by atoms with Crippen molar-refractivity contribution in [2.24, 2.45) is 0 Å². The highest BCUT2D eigenvalue weighted by Crippen LogP contribution is 2.40. The van der Waals surface area contributed by atoms with E-state index >= 15 is 0 Å². The molecule has 2 N–H and O–H groups in total. The number of furan rings is 1. The molecular weight excluding hydrogens is 328 g/mol. The van der Waals surface area contributed by atoms with Crippen LogP contribution in [0.2, 0.25) is 0 Å². The number of benzene rings is 2. The summed E-state index contributed by atoms with van der Waals surface area (Å²) in [4.78, 5) is 0. The van der Waals surface area contributed by atoms with Gasteiger partial charge in [-0.3, -0.25) is 0 Å². The quantitative estimate of drug-likeness (QED) is 0.727. The van der Waals surface area contributed by atoms with Crippen molar-refractivity contribution in [2.45, 2.75) is 0 Å². The van der Waals surface area contributed by atoms with Crippen LogP contribution >= 0.6 is 15.9 Å². The number of anilines is 1. The zero-order chi connectivity index (χ0) is 14.8. The van der Waals surface area contributed by atoms with E-state index in [1.807, 2.05) is 54.6 Å². The predicted octanol–water partition coefficient (Wildman–Crippen LogP) is 4.83. The van der Waals surface area contributed by atoms with Gasteiger partial charge in [0.05, 0.1) is 0 Å². The van der Waals surface area contributed by atoms with Gasteiger partial charge in [-0.15, -0.1) is 0 Å². The molecule has 0 aliphatic carbocycles. The number of hydrogen-bond donors (Lipinski definition) is 1. The molecule has 3 aromatic rings. The molecule has 3 rings (SSSR count). The Morgan fingerprint density at radius 3 is 2.24 bits per heavy atom. The first-order valence-electron chi connectivity index (χ1n) is 6.34. The maximum atomic E-state index is 9.37. The van der Waals surface area contributed by atoms with Crippen molar-refractivity contribution in [3.05, 3.63) is 64.6 Å². The molecule has 0 saturated carbocycles. The van der Waals surface area contributed by atoms with Crippen molar-refractivity contribution < 1.29 is 4.42 Å². The molecule has 0 radical (unpaired) electrons. The normalized spacial score (nSPS) is 10.3. The second-order valence-electron chi connectivity index (χ2n) is 4.53. The van der Waals surface area contributed by atoms with Gasteiger partial charge < -0.3 is 10.2 Å². The van der Waals surface area contributed by atoms with Gasteiger partial charge in [0.2, 0.25) is 5.88 Å². The minimum atomic E-state index is 0.147. The highest BCUT2D eigenvalue weighted by atomic mass is 79.9. The monoisotopic (exact) mass is 338 g/mol. The van der Waals surface area contributed by atoms with Gasteiger partial charge in [-0.2, -0.15) is 5.26 Å². The lowest BCUT2D eigenvalue weighted by Gasteiger charge is -2.03. The molecule has 4 heteroatoms. The third-order valence-corrected chi connectivity index (χ3v) is 3.74. The Balaban J connectivity index is 2.27. The Bertz CT molecular complexity index is 814.